The molecule has 2 aliphatic carbocycles. The van der Waals surface area contributed by atoms with E-state index >= 15 is 0 Å². The van der Waals surface area contributed by atoms with Crippen molar-refractivity contribution in [3.63, 3.8) is 0 Å². The summed E-state index contributed by atoms with van der Waals surface area (Å²) >= 11 is 0. The van der Waals surface area contributed by atoms with Gasteiger partial charge in [0.15, 0.2) is 0 Å². The number of hydrogen-bond acceptors (Lipinski definition) is 7. The minimum atomic E-state index is -4.82. The summed E-state index contributed by atoms with van der Waals surface area (Å²) in [7, 11) is -4.82. The first-order valence-electron chi connectivity index (χ1n) is 7.68. The molecule has 12 heteroatoms. The number of rotatable bonds is 5. The van der Waals surface area contributed by atoms with E-state index in [9.17, 15) is 18.0 Å². The molecule has 3 amide bonds. The molecule has 4 rings (SSSR count). The second kappa shape index (κ2) is 5.02. The zero-order valence-corrected chi connectivity index (χ0v) is 13.4. The molecule has 1 spiro atoms. The van der Waals surface area contributed by atoms with Gasteiger partial charge in [-0.2, -0.15) is 13.5 Å². The Morgan fingerprint density at radius 3 is 2.62 bits per heavy atom. The van der Waals surface area contributed by atoms with Crippen LogP contribution in [0.15, 0.2) is 0 Å². The van der Waals surface area contributed by atoms with Crippen LogP contribution in [0.25, 0.3) is 0 Å². The fourth-order valence-corrected chi connectivity index (χ4v) is 3.95. The van der Waals surface area contributed by atoms with Crippen LogP contribution < -0.4 is 11.2 Å². The van der Waals surface area contributed by atoms with Gasteiger partial charge in [-0.25, -0.2) is 10.3 Å². The first-order chi connectivity index (χ1) is 11.2. The number of fused-ring (bicyclic) bond motifs is 3. The monoisotopic (exact) mass is 362 g/mol. The van der Waals surface area contributed by atoms with Gasteiger partial charge >= 0.3 is 16.4 Å². The van der Waals surface area contributed by atoms with Crippen molar-refractivity contribution in [1.29, 1.82) is 0 Å². The molecule has 4 atom stereocenters. The van der Waals surface area contributed by atoms with Crippen LogP contribution in [0.4, 0.5) is 4.79 Å². The standard InChI is InChI=1S/C12H18N4O7S/c13-6-3-8(6)22-14-10(17)7-4-12(1-2-12)9-5-15(7)11(18)16(9)23-24(19,20)21/h6-9H,1-5,13H2,(H,14,17)(H,19,20,21). The van der Waals surface area contributed by atoms with Crippen molar-refractivity contribution in [3.05, 3.63) is 0 Å². The van der Waals surface area contributed by atoms with Crippen molar-refractivity contribution < 1.29 is 31.7 Å². The molecule has 0 aromatic carbocycles. The van der Waals surface area contributed by atoms with Gasteiger partial charge in [0.25, 0.3) is 5.91 Å². The second-order valence-electron chi connectivity index (χ2n) is 6.88. The molecule has 2 saturated carbocycles. The molecule has 0 aromatic rings. The summed E-state index contributed by atoms with van der Waals surface area (Å²) in [5.41, 5.74) is 7.57. The van der Waals surface area contributed by atoms with Gasteiger partial charge in [0, 0.05) is 12.6 Å². The van der Waals surface area contributed by atoms with E-state index in [2.05, 4.69) is 9.76 Å². The summed E-state index contributed by atoms with van der Waals surface area (Å²) in [6, 6.07) is -2.14. The zero-order valence-electron chi connectivity index (χ0n) is 12.6. The van der Waals surface area contributed by atoms with Crippen molar-refractivity contribution in [2.24, 2.45) is 11.1 Å². The lowest BCUT2D eigenvalue weighted by Gasteiger charge is -2.35. The van der Waals surface area contributed by atoms with Gasteiger partial charge in [0.05, 0.1) is 6.04 Å². The Balaban J connectivity index is 1.50. The Hall–Kier alpha value is -1.47. The van der Waals surface area contributed by atoms with Crippen LogP contribution in [0.3, 0.4) is 0 Å². The van der Waals surface area contributed by atoms with E-state index in [1.807, 2.05) is 0 Å². The normalized spacial score (nSPS) is 36.2. The fourth-order valence-electron chi connectivity index (χ4n) is 3.58. The maximum Gasteiger partial charge on any atom is 0.418 e. The maximum absolute atomic E-state index is 12.4. The molecule has 4 N–H and O–H groups in total. The molecule has 2 saturated heterocycles. The Morgan fingerprint density at radius 2 is 2.08 bits per heavy atom. The van der Waals surface area contributed by atoms with E-state index in [-0.39, 0.29) is 24.1 Å². The van der Waals surface area contributed by atoms with E-state index < -0.39 is 34.4 Å². The van der Waals surface area contributed by atoms with Crippen LogP contribution in [0.5, 0.6) is 0 Å². The molecule has 2 heterocycles. The number of nitrogens with zero attached hydrogens (tertiary/aromatic N) is 2. The van der Waals surface area contributed by atoms with Crippen LogP contribution in [0.1, 0.15) is 25.7 Å². The number of hydroxylamine groups is 3. The highest BCUT2D eigenvalue weighted by Crippen LogP contribution is 2.59. The third-order valence-corrected chi connectivity index (χ3v) is 5.58. The van der Waals surface area contributed by atoms with Crippen LogP contribution >= 0.6 is 0 Å². The number of piperidine rings is 1. The van der Waals surface area contributed by atoms with E-state index in [4.69, 9.17) is 15.1 Å². The molecule has 0 radical (unpaired) electrons. The van der Waals surface area contributed by atoms with Crippen molar-refractivity contribution >= 4 is 22.3 Å². The lowest BCUT2D eigenvalue weighted by molar-refractivity contribution is -0.141. The third-order valence-electron chi connectivity index (χ3n) is 5.23. The van der Waals surface area contributed by atoms with E-state index in [1.54, 1.807) is 0 Å². The van der Waals surface area contributed by atoms with E-state index in [0.29, 0.717) is 17.9 Å². The average molecular weight is 362 g/mol. The predicted octanol–water partition coefficient (Wildman–Crippen LogP) is -1.47. The number of nitrogens with one attached hydrogen (secondary N) is 1. The highest BCUT2D eigenvalue weighted by molar-refractivity contribution is 7.80. The van der Waals surface area contributed by atoms with Crippen LogP contribution in [0, 0.1) is 5.41 Å². The molecular weight excluding hydrogens is 344 g/mol. The highest BCUT2D eigenvalue weighted by atomic mass is 32.3. The molecule has 11 nitrogen and oxygen atoms in total. The first kappa shape index (κ1) is 16.0. The highest BCUT2D eigenvalue weighted by Gasteiger charge is 2.65. The minimum Gasteiger partial charge on any atom is -0.325 e. The van der Waals surface area contributed by atoms with Crippen LogP contribution in [-0.4, -0.2) is 65.6 Å². The van der Waals surface area contributed by atoms with Gasteiger partial charge in [-0.15, -0.1) is 4.28 Å². The summed E-state index contributed by atoms with van der Waals surface area (Å²) < 4.78 is 35.3. The number of carbonyl (C=O) groups is 2. The van der Waals surface area contributed by atoms with Gasteiger partial charge in [0.1, 0.15) is 12.1 Å². The summed E-state index contributed by atoms with van der Waals surface area (Å²) in [5, 5.41) is 0.674. The molecule has 4 fully saturated rings. The lowest BCUT2D eigenvalue weighted by atomic mass is 9.85. The van der Waals surface area contributed by atoms with Crippen molar-refractivity contribution in [2.75, 3.05) is 6.54 Å². The number of carbonyl (C=O) groups excluding carboxylic acids is 2. The lowest BCUT2D eigenvalue weighted by Crippen LogP contribution is -2.53. The van der Waals surface area contributed by atoms with E-state index in [1.165, 1.54) is 4.90 Å². The molecule has 2 bridgehead atoms. The van der Waals surface area contributed by atoms with Crippen molar-refractivity contribution in [2.45, 2.75) is 49.9 Å². The summed E-state index contributed by atoms with van der Waals surface area (Å²) in [4.78, 5) is 31.2. The second-order valence-corrected chi connectivity index (χ2v) is 7.89. The third kappa shape index (κ3) is 2.63. The van der Waals surface area contributed by atoms with Crippen LogP contribution in [-0.2, 0) is 24.3 Å². The Bertz CT molecular complexity index is 694. The number of nitrogens with two attached hydrogens (primary N) is 1. The van der Waals surface area contributed by atoms with Crippen molar-refractivity contribution in [3.8, 4) is 0 Å². The zero-order chi connectivity index (χ0) is 17.3. The first-order valence-corrected chi connectivity index (χ1v) is 9.05. The SMILES string of the molecule is NC1CC1ONC(=O)C1CC2(CC2)C2CN1C(=O)N2OS(=O)(=O)O. The number of amides is 3. The molecule has 0 aromatic heterocycles. The van der Waals surface area contributed by atoms with Gasteiger partial charge < -0.3 is 10.6 Å². The largest absolute Gasteiger partial charge is 0.418 e. The van der Waals surface area contributed by atoms with Gasteiger partial charge in [-0.05, 0) is 31.1 Å². The van der Waals surface area contributed by atoms with Crippen LogP contribution in [0.2, 0.25) is 0 Å². The van der Waals surface area contributed by atoms with Gasteiger partial charge in [0.2, 0.25) is 0 Å². The molecular formula is C12H18N4O7S. The smallest absolute Gasteiger partial charge is 0.325 e. The van der Waals surface area contributed by atoms with Crippen molar-refractivity contribution in [1.82, 2.24) is 15.4 Å². The fraction of sp³-hybridized carbons (Fsp3) is 0.833. The molecule has 134 valence electrons. The molecule has 2 aliphatic heterocycles. The summed E-state index contributed by atoms with van der Waals surface area (Å²) in [6.07, 6.45) is 2.34. The van der Waals surface area contributed by atoms with E-state index in [0.717, 1.165) is 12.8 Å². The summed E-state index contributed by atoms with van der Waals surface area (Å²) in [6.45, 7) is 0.162. The van der Waals surface area contributed by atoms with Gasteiger partial charge in [-0.3, -0.25) is 14.2 Å². The Kier molecular flexibility index (Phi) is 3.35. The Labute approximate surface area is 137 Å². The summed E-state index contributed by atoms with van der Waals surface area (Å²) in [5.74, 6) is -0.471. The maximum atomic E-state index is 12.4. The number of urea groups is 1. The predicted molar refractivity (Wildman–Crippen MR) is 76.0 cm³/mol. The topological polar surface area (TPSA) is 151 Å². The minimum absolute atomic E-state index is 0.0946. The molecule has 4 aliphatic rings. The quantitative estimate of drug-likeness (QED) is 0.396. The van der Waals surface area contributed by atoms with Gasteiger partial charge in [-0.1, -0.05) is 0 Å². The Morgan fingerprint density at radius 1 is 1.42 bits per heavy atom. The molecule has 4 unspecified atom stereocenters. The number of hydrogen-bond donors (Lipinski definition) is 3. The average Bonchev–Trinajstić information content (AvgIpc) is 3.39. The molecule has 24 heavy (non-hydrogen) atoms.